The van der Waals surface area contributed by atoms with Gasteiger partial charge in [0.2, 0.25) is 5.89 Å². The highest BCUT2D eigenvalue weighted by Gasteiger charge is 2.22. The molecule has 1 aromatic carbocycles. The molecule has 13 heteroatoms. The molecule has 0 unspecified atom stereocenters. The number of fused-ring (bicyclic) bond motifs is 1. The van der Waals surface area contributed by atoms with E-state index in [1.807, 2.05) is 0 Å². The predicted molar refractivity (Wildman–Crippen MR) is 88.3 cm³/mol. The van der Waals surface area contributed by atoms with E-state index in [2.05, 4.69) is 25.0 Å². The highest BCUT2D eigenvalue weighted by molar-refractivity contribution is 5.60. The van der Waals surface area contributed by atoms with Crippen LogP contribution in [0.25, 0.3) is 28.7 Å². The smallest absolute Gasteiger partial charge is 0.387 e. The van der Waals surface area contributed by atoms with Crippen LogP contribution in [-0.2, 0) is 0 Å². The largest absolute Gasteiger partial charge is 0.435 e. The van der Waals surface area contributed by atoms with Crippen molar-refractivity contribution in [2.45, 2.75) is 19.5 Å². The molecular weight excluding hydrogens is 420 g/mol. The van der Waals surface area contributed by atoms with Gasteiger partial charge in [0.15, 0.2) is 11.3 Å². The second-order valence-electron chi connectivity index (χ2n) is 5.82. The zero-order valence-electron chi connectivity index (χ0n) is 14.5. The van der Waals surface area contributed by atoms with Gasteiger partial charge in [-0.15, -0.1) is 10.2 Å². The van der Waals surface area contributed by atoms with Crippen molar-refractivity contribution in [3.63, 3.8) is 0 Å². The van der Waals surface area contributed by atoms with Crippen LogP contribution in [0.1, 0.15) is 24.2 Å². The van der Waals surface area contributed by atoms with Gasteiger partial charge in [0.1, 0.15) is 17.1 Å². The van der Waals surface area contributed by atoms with Crippen molar-refractivity contribution in [3.8, 4) is 28.8 Å². The number of benzene rings is 1. The first-order chi connectivity index (χ1) is 14.3. The molecule has 3 aromatic heterocycles. The fraction of sp³-hybridized carbons (Fsp3) is 0.176. The Hall–Kier alpha value is -3.64. The molecule has 156 valence electrons. The van der Waals surface area contributed by atoms with Gasteiger partial charge < -0.3 is 9.15 Å². The SMILES string of the molecule is FC(F)Oc1ccc(-c2nnc(-c3cc4nc(C(F)F)cc(C(F)F)n4n3)o2)cc1. The second-order valence-corrected chi connectivity index (χ2v) is 5.82. The first-order valence-corrected chi connectivity index (χ1v) is 8.18. The van der Waals surface area contributed by atoms with Crippen LogP contribution in [0.3, 0.4) is 0 Å². The number of ether oxygens (including phenoxy) is 1. The summed E-state index contributed by atoms with van der Waals surface area (Å²) in [5.74, 6) is -0.266. The third-order valence-electron chi connectivity index (χ3n) is 3.89. The van der Waals surface area contributed by atoms with Crippen LogP contribution < -0.4 is 4.74 Å². The summed E-state index contributed by atoms with van der Waals surface area (Å²) in [4.78, 5) is 3.61. The van der Waals surface area contributed by atoms with Crippen molar-refractivity contribution in [2.75, 3.05) is 0 Å². The van der Waals surface area contributed by atoms with Gasteiger partial charge in [0, 0.05) is 11.6 Å². The maximum atomic E-state index is 13.2. The second kappa shape index (κ2) is 7.65. The maximum Gasteiger partial charge on any atom is 0.387 e. The molecule has 0 aliphatic carbocycles. The molecule has 0 radical (unpaired) electrons. The van der Waals surface area contributed by atoms with Crippen LogP contribution in [0.2, 0.25) is 0 Å². The summed E-state index contributed by atoms with van der Waals surface area (Å²) >= 11 is 0. The number of halogens is 6. The van der Waals surface area contributed by atoms with Crippen molar-refractivity contribution in [1.29, 1.82) is 0 Å². The molecule has 0 saturated heterocycles. The lowest BCUT2D eigenvalue weighted by Crippen LogP contribution is -2.04. The van der Waals surface area contributed by atoms with Gasteiger partial charge >= 0.3 is 6.61 Å². The lowest BCUT2D eigenvalue weighted by molar-refractivity contribution is -0.0498. The van der Waals surface area contributed by atoms with Gasteiger partial charge in [-0.05, 0) is 30.3 Å². The molecule has 7 nitrogen and oxygen atoms in total. The van der Waals surface area contributed by atoms with E-state index in [0.29, 0.717) is 16.1 Å². The Morgan fingerprint density at radius 2 is 1.57 bits per heavy atom. The summed E-state index contributed by atoms with van der Waals surface area (Å²) in [6.07, 6.45) is -6.12. The zero-order valence-corrected chi connectivity index (χ0v) is 14.5. The predicted octanol–water partition coefficient (Wildman–Crippen LogP) is 4.92. The molecule has 30 heavy (non-hydrogen) atoms. The number of aromatic nitrogens is 5. The van der Waals surface area contributed by atoms with Crippen LogP contribution in [0, 0.1) is 0 Å². The van der Waals surface area contributed by atoms with Crippen molar-refractivity contribution >= 4 is 5.65 Å². The van der Waals surface area contributed by atoms with Gasteiger partial charge in [-0.3, -0.25) is 0 Å². The number of alkyl halides is 6. The summed E-state index contributed by atoms with van der Waals surface area (Å²) in [6.45, 7) is -2.97. The fourth-order valence-electron chi connectivity index (χ4n) is 2.61. The van der Waals surface area contributed by atoms with E-state index >= 15 is 0 Å². The van der Waals surface area contributed by atoms with Gasteiger partial charge in [-0.2, -0.15) is 13.9 Å². The summed E-state index contributed by atoms with van der Waals surface area (Å²) in [5, 5.41) is 11.4. The number of nitrogens with zero attached hydrogens (tertiary/aromatic N) is 5. The first kappa shape index (κ1) is 19.7. The minimum Gasteiger partial charge on any atom is -0.435 e. The molecule has 4 rings (SSSR count). The molecule has 0 saturated carbocycles. The van der Waals surface area contributed by atoms with E-state index in [1.54, 1.807) is 0 Å². The summed E-state index contributed by atoms with van der Waals surface area (Å²) in [5.41, 5.74) is -1.53. The summed E-state index contributed by atoms with van der Waals surface area (Å²) in [7, 11) is 0. The topological polar surface area (TPSA) is 78.3 Å². The van der Waals surface area contributed by atoms with Gasteiger partial charge in [-0.1, -0.05) is 0 Å². The van der Waals surface area contributed by atoms with Crippen LogP contribution in [0.15, 0.2) is 40.8 Å². The Bertz CT molecular complexity index is 1180. The third-order valence-corrected chi connectivity index (χ3v) is 3.89. The molecule has 4 aromatic rings. The third kappa shape index (κ3) is 3.77. The number of rotatable bonds is 6. The number of hydrogen-bond donors (Lipinski definition) is 0. The molecule has 0 bridgehead atoms. The van der Waals surface area contributed by atoms with E-state index in [-0.39, 0.29) is 28.9 Å². The van der Waals surface area contributed by atoms with E-state index in [1.165, 1.54) is 24.3 Å². The van der Waals surface area contributed by atoms with E-state index in [0.717, 1.165) is 6.07 Å². The molecule has 0 fully saturated rings. The molecular formula is C17H9F6N5O2. The normalized spacial score (nSPS) is 11.9. The average Bonchev–Trinajstić information content (AvgIpc) is 3.34. The molecule has 0 atom stereocenters. The van der Waals surface area contributed by atoms with Crippen molar-refractivity contribution in [3.05, 3.63) is 47.8 Å². The molecule has 0 aliphatic heterocycles. The molecule has 0 N–H and O–H groups in total. The Balaban J connectivity index is 1.68. The van der Waals surface area contributed by atoms with Crippen LogP contribution in [0.4, 0.5) is 26.3 Å². The average molecular weight is 429 g/mol. The molecule has 0 spiro atoms. The van der Waals surface area contributed by atoms with Crippen molar-refractivity contribution < 1.29 is 35.5 Å². The lowest BCUT2D eigenvalue weighted by Gasteiger charge is -2.06. The minimum atomic E-state index is -3.08. The van der Waals surface area contributed by atoms with Crippen LogP contribution >= 0.6 is 0 Å². The van der Waals surface area contributed by atoms with Crippen molar-refractivity contribution in [1.82, 2.24) is 24.8 Å². The molecule has 3 heterocycles. The van der Waals surface area contributed by atoms with Gasteiger partial charge in [-0.25, -0.2) is 27.1 Å². The Morgan fingerprint density at radius 3 is 2.20 bits per heavy atom. The first-order valence-electron chi connectivity index (χ1n) is 8.18. The minimum absolute atomic E-state index is 0.0130. The molecule has 0 amide bonds. The van der Waals surface area contributed by atoms with E-state index in [4.69, 9.17) is 4.42 Å². The van der Waals surface area contributed by atoms with Crippen molar-refractivity contribution in [2.24, 2.45) is 0 Å². The Labute approximate surface area is 162 Å². The fourth-order valence-corrected chi connectivity index (χ4v) is 2.61. The zero-order chi connectivity index (χ0) is 21.4. The lowest BCUT2D eigenvalue weighted by atomic mass is 10.2. The van der Waals surface area contributed by atoms with Gasteiger partial charge in [0.25, 0.3) is 18.7 Å². The number of hydrogen-bond acceptors (Lipinski definition) is 6. The molecule has 0 aliphatic rings. The van der Waals surface area contributed by atoms with E-state index < -0.39 is 30.9 Å². The quantitative estimate of drug-likeness (QED) is 0.405. The maximum absolute atomic E-state index is 13.2. The highest BCUT2D eigenvalue weighted by Crippen LogP contribution is 2.29. The highest BCUT2D eigenvalue weighted by atomic mass is 19.3. The Morgan fingerprint density at radius 1 is 0.867 bits per heavy atom. The standard InChI is InChI=1S/C17H9F6N5O2/c18-13(19)9-5-11(14(20)21)28-12(24-9)6-10(27-28)16-26-25-15(30-16)7-1-3-8(4-2-7)29-17(22)23/h1-6,13-14,17H. The Kier molecular flexibility index (Phi) is 5.01. The van der Waals surface area contributed by atoms with Crippen LogP contribution in [-0.4, -0.2) is 31.4 Å². The van der Waals surface area contributed by atoms with E-state index in [9.17, 15) is 26.3 Å². The summed E-state index contributed by atoms with van der Waals surface area (Å²) < 4.78 is 87.1. The monoisotopic (exact) mass is 429 g/mol. The summed E-state index contributed by atoms with van der Waals surface area (Å²) in [6, 6.07) is 7.03. The van der Waals surface area contributed by atoms with Crippen LogP contribution in [0.5, 0.6) is 5.75 Å². The van der Waals surface area contributed by atoms with Gasteiger partial charge in [0.05, 0.1) is 0 Å².